The number of para-hydroxylation sites is 2. The molecule has 0 aliphatic heterocycles. The molecule has 98 valence electrons. The van der Waals surface area contributed by atoms with E-state index >= 15 is 0 Å². The van der Waals surface area contributed by atoms with Crippen LogP contribution in [0.2, 0.25) is 10.0 Å². The Morgan fingerprint density at radius 1 is 1.05 bits per heavy atom. The predicted molar refractivity (Wildman–Crippen MR) is 80.0 cm³/mol. The molecule has 0 N–H and O–H groups in total. The van der Waals surface area contributed by atoms with Crippen molar-refractivity contribution in [3.8, 4) is 0 Å². The van der Waals surface area contributed by atoms with Gasteiger partial charge in [-0.05, 0) is 19.1 Å². The van der Waals surface area contributed by atoms with Crippen LogP contribution >= 0.6 is 23.2 Å². The average Bonchev–Trinajstić information content (AvgIpc) is 2.35. The summed E-state index contributed by atoms with van der Waals surface area (Å²) in [6.07, 6.45) is 0.349. The molecule has 2 rings (SSSR count). The van der Waals surface area contributed by atoms with Crippen LogP contribution < -0.4 is 0 Å². The van der Waals surface area contributed by atoms with Gasteiger partial charge in [-0.1, -0.05) is 64.8 Å². The monoisotopic (exact) mass is 292 g/mol. The molecule has 0 saturated heterocycles. The third kappa shape index (κ3) is 3.49. The van der Waals surface area contributed by atoms with E-state index in [4.69, 9.17) is 23.2 Å². The smallest absolute Gasteiger partial charge is 0.134 e. The lowest BCUT2D eigenvalue weighted by Crippen LogP contribution is -1.96. The molecular weight excluding hydrogens is 281 g/mol. The second kappa shape index (κ2) is 6.09. The Morgan fingerprint density at radius 3 is 2.32 bits per heavy atom. The van der Waals surface area contributed by atoms with Crippen molar-refractivity contribution in [2.75, 3.05) is 0 Å². The summed E-state index contributed by atoms with van der Waals surface area (Å²) >= 11 is 12.2. The predicted octanol–water partition coefficient (Wildman–Crippen LogP) is 5.46. The zero-order chi connectivity index (χ0) is 13.8. The Balaban J connectivity index is 2.36. The van der Waals surface area contributed by atoms with Crippen molar-refractivity contribution in [1.82, 2.24) is 0 Å². The van der Waals surface area contributed by atoms with E-state index in [9.17, 15) is 4.79 Å². The molecule has 0 aromatic heterocycles. The van der Waals surface area contributed by atoms with Crippen LogP contribution in [0.4, 0.5) is 11.4 Å². The Bertz CT molecular complexity index is 591. The average molecular weight is 293 g/mol. The van der Waals surface area contributed by atoms with Gasteiger partial charge in [-0.15, -0.1) is 5.69 Å². The van der Waals surface area contributed by atoms with Gasteiger partial charge in [0, 0.05) is 16.5 Å². The number of halogens is 2. The lowest BCUT2D eigenvalue weighted by molar-refractivity contribution is -0.116. The van der Waals surface area contributed by atoms with Crippen LogP contribution in [0.3, 0.4) is 0 Å². The van der Waals surface area contributed by atoms with Crippen LogP contribution in [-0.2, 0) is 11.2 Å². The third-order valence-electron chi connectivity index (χ3n) is 2.60. The minimum atomic E-state index is 0.0907. The van der Waals surface area contributed by atoms with Gasteiger partial charge < -0.3 is 5.32 Å². The Morgan fingerprint density at radius 2 is 1.68 bits per heavy atom. The van der Waals surface area contributed by atoms with E-state index in [2.05, 4.69) is 5.32 Å². The number of Topliss-reactive ketones (excluding diaryl/α,β-unsaturated/α-hetero) is 1. The number of hydrogen-bond acceptors (Lipinski definition) is 1. The molecule has 4 heteroatoms. The first-order valence-electron chi connectivity index (χ1n) is 5.81. The molecule has 0 fully saturated rings. The maximum absolute atomic E-state index is 11.3. The van der Waals surface area contributed by atoms with Crippen molar-refractivity contribution in [3.63, 3.8) is 0 Å². The van der Waals surface area contributed by atoms with E-state index in [0.29, 0.717) is 27.8 Å². The standard InChI is InChI=1S/C15H12Cl2NO/c1-10(19)9-11-5-2-3-8-14(11)18-15-12(16)6-4-7-13(15)17/h2-8H,9H2,1H3/q-1. The van der Waals surface area contributed by atoms with Crippen LogP contribution in [0.15, 0.2) is 42.5 Å². The Labute approximate surface area is 122 Å². The summed E-state index contributed by atoms with van der Waals surface area (Å²) in [4.78, 5) is 11.3. The lowest BCUT2D eigenvalue weighted by atomic mass is 10.1. The second-order valence-electron chi connectivity index (χ2n) is 4.19. The summed E-state index contributed by atoms with van der Waals surface area (Å²) in [5.74, 6) is 0.0907. The van der Waals surface area contributed by atoms with Crippen LogP contribution in [0.5, 0.6) is 0 Å². The highest BCUT2D eigenvalue weighted by atomic mass is 35.5. The number of rotatable bonds is 4. The first-order chi connectivity index (χ1) is 9.08. The minimum absolute atomic E-state index is 0.0907. The summed E-state index contributed by atoms with van der Waals surface area (Å²) in [7, 11) is 0. The van der Waals surface area contributed by atoms with E-state index in [1.54, 1.807) is 25.1 Å². The van der Waals surface area contributed by atoms with Crippen molar-refractivity contribution < 1.29 is 4.79 Å². The van der Waals surface area contributed by atoms with Crippen molar-refractivity contribution in [2.45, 2.75) is 13.3 Å². The maximum Gasteiger partial charge on any atom is 0.134 e. The van der Waals surface area contributed by atoms with Crippen molar-refractivity contribution in [2.24, 2.45) is 0 Å². The first kappa shape index (κ1) is 13.9. The van der Waals surface area contributed by atoms with E-state index in [1.807, 2.05) is 24.3 Å². The fourth-order valence-electron chi connectivity index (χ4n) is 1.75. The molecule has 0 aliphatic carbocycles. The van der Waals surface area contributed by atoms with Crippen LogP contribution in [0, 0.1) is 0 Å². The molecule has 0 aliphatic rings. The van der Waals surface area contributed by atoms with Crippen molar-refractivity contribution in [3.05, 3.63) is 63.4 Å². The second-order valence-corrected chi connectivity index (χ2v) is 5.00. The molecule has 0 spiro atoms. The van der Waals surface area contributed by atoms with Gasteiger partial charge >= 0.3 is 0 Å². The van der Waals surface area contributed by atoms with Gasteiger partial charge in [-0.2, -0.15) is 0 Å². The quantitative estimate of drug-likeness (QED) is 0.736. The number of benzene rings is 2. The highest BCUT2D eigenvalue weighted by Crippen LogP contribution is 2.42. The van der Waals surface area contributed by atoms with Gasteiger partial charge in [0.25, 0.3) is 0 Å². The summed E-state index contributed by atoms with van der Waals surface area (Å²) in [6, 6.07) is 12.7. The molecule has 0 atom stereocenters. The van der Waals surface area contributed by atoms with E-state index in [1.165, 1.54) is 0 Å². The topological polar surface area (TPSA) is 31.2 Å². The fourth-order valence-corrected chi connectivity index (χ4v) is 2.24. The molecule has 2 nitrogen and oxygen atoms in total. The molecule has 0 radical (unpaired) electrons. The highest BCUT2D eigenvalue weighted by Gasteiger charge is 2.01. The van der Waals surface area contributed by atoms with E-state index in [-0.39, 0.29) is 5.78 Å². The van der Waals surface area contributed by atoms with Crippen LogP contribution in [-0.4, -0.2) is 5.78 Å². The number of ketones is 1. The van der Waals surface area contributed by atoms with Crippen LogP contribution in [0.25, 0.3) is 5.32 Å². The summed E-state index contributed by atoms with van der Waals surface area (Å²) in [5.41, 5.74) is 2.11. The fraction of sp³-hybridized carbons (Fsp3) is 0.133. The zero-order valence-corrected chi connectivity index (χ0v) is 11.9. The van der Waals surface area contributed by atoms with Gasteiger partial charge in [0.15, 0.2) is 0 Å². The zero-order valence-electron chi connectivity index (χ0n) is 10.4. The number of nitrogens with zero attached hydrogens (tertiary/aromatic N) is 1. The van der Waals surface area contributed by atoms with Crippen molar-refractivity contribution in [1.29, 1.82) is 0 Å². The molecule has 2 aromatic rings. The largest absolute Gasteiger partial charge is 0.655 e. The lowest BCUT2D eigenvalue weighted by Gasteiger charge is -2.27. The molecule has 2 aromatic carbocycles. The van der Waals surface area contributed by atoms with Gasteiger partial charge in [0.1, 0.15) is 5.78 Å². The van der Waals surface area contributed by atoms with Gasteiger partial charge in [-0.25, -0.2) is 0 Å². The molecule has 0 amide bonds. The van der Waals surface area contributed by atoms with Gasteiger partial charge in [-0.3, -0.25) is 4.79 Å². The molecule has 0 saturated carbocycles. The Hall–Kier alpha value is -1.51. The Kier molecular flexibility index (Phi) is 4.46. The minimum Gasteiger partial charge on any atom is -0.655 e. The van der Waals surface area contributed by atoms with E-state index in [0.717, 1.165) is 5.56 Å². The van der Waals surface area contributed by atoms with Gasteiger partial charge in [0.2, 0.25) is 0 Å². The summed E-state index contributed by atoms with van der Waals surface area (Å²) in [6.45, 7) is 1.55. The molecule has 0 heterocycles. The number of carbonyl (C=O) groups is 1. The summed E-state index contributed by atoms with van der Waals surface area (Å²) in [5, 5.41) is 5.46. The first-order valence-corrected chi connectivity index (χ1v) is 6.56. The number of hydrogen-bond donors (Lipinski definition) is 0. The van der Waals surface area contributed by atoms with E-state index < -0.39 is 0 Å². The SMILES string of the molecule is CC(=O)Cc1ccccc1[N-]c1c(Cl)cccc1Cl. The highest BCUT2D eigenvalue weighted by molar-refractivity contribution is 6.39. The molecule has 0 bridgehead atoms. The molecule has 0 unspecified atom stereocenters. The normalized spacial score (nSPS) is 10.3. The summed E-state index contributed by atoms with van der Waals surface area (Å²) < 4.78 is 0. The molecule has 19 heavy (non-hydrogen) atoms. The molecular formula is C15H12Cl2NO-. The maximum atomic E-state index is 11.3. The third-order valence-corrected chi connectivity index (χ3v) is 3.21. The van der Waals surface area contributed by atoms with Gasteiger partial charge in [0.05, 0.1) is 0 Å². The number of carbonyl (C=O) groups excluding carboxylic acids is 1. The van der Waals surface area contributed by atoms with Crippen molar-refractivity contribution >= 4 is 40.4 Å². The van der Waals surface area contributed by atoms with Crippen LogP contribution in [0.1, 0.15) is 12.5 Å².